The summed E-state index contributed by atoms with van der Waals surface area (Å²) in [4.78, 5) is 9.73. The lowest BCUT2D eigenvalue weighted by Gasteiger charge is -1.94. The fourth-order valence-electron chi connectivity index (χ4n) is 0.997. The van der Waals surface area contributed by atoms with E-state index in [0.29, 0.717) is 0 Å². The normalized spacial score (nSPS) is 10.6. The Bertz CT molecular complexity index is 105. The maximum absolute atomic E-state index is 9.73. The van der Waals surface area contributed by atoms with E-state index in [4.69, 9.17) is 0 Å². The van der Waals surface area contributed by atoms with Crippen LogP contribution in [-0.2, 0) is 4.79 Å². The molecule has 0 unspecified atom stereocenters. The summed E-state index contributed by atoms with van der Waals surface area (Å²) in [5.41, 5.74) is 0. The molecule has 0 aliphatic heterocycles. The summed E-state index contributed by atoms with van der Waals surface area (Å²) in [6.07, 6.45) is 12.6. The van der Waals surface area contributed by atoms with Gasteiger partial charge in [-0.1, -0.05) is 38.7 Å². The van der Waals surface area contributed by atoms with Crippen LogP contribution in [0, 0.1) is 0 Å². The third-order valence-corrected chi connectivity index (χ3v) is 1.66. The Labute approximate surface area is 69.5 Å². The molecular weight excluding hydrogens is 136 g/mol. The highest BCUT2D eigenvalue weighted by molar-refractivity contribution is 5.65. The van der Waals surface area contributed by atoms with Gasteiger partial charge < -0.3 is 0 Å². The Balaban J connectivity index is 2.90. The van der Waals surface area contributed by atoms with Gasteiger partial charge in [-0.15, -0.1) is 0 Å². The molecule has 1 nitrogen and oxygen atoms in total. The third kappa shape index (κ3) is 9.41. The number of hydrogen-bond acceptors (Lipinski definition) is 1. The van der Waals surface area contributed by atoms with Crippen molar-refractivity contribution in [3.63, 3.8) is 0 Å². The fourth-order valence-corrected chi connectivity index (χ4v) is 0.997. The molecule has 1 radical (unpaired) electrons. The second-order valence-corrected chi connectivity index (χ2v) is 2.72. The molecule has 63 valence electrons. The van der Waals surface area contributed by atoms with E-state index in [1.165, 1.54) is 38.2 Å². The smallest absolute Gasteiger partial charge is 0.225 e. The first kappa shape index (κ1) is 10.4. The molecule has 0 fully saturated rings. The number of allylic oxidation sites excluding steroid dienone is 2. The van der Waals surface area contributed by atoms with E-state index in [9.17, 15) is 4.79 Å². The molecule has 0 aliphatic rings. The van der Waals surface area contributed by atoms with Crippen LogP contribution in [0.15, 0.2) is 12.2 Å². The molecule has 0 aliphatic carbocycles. The summed E-state index contributed by atoms with van der Waals surface area (Å²) in [5.74, 6) is 0. The molecule has 0 amide bonds. The van der Waals surface area contributed by atoms with Crippen molar-refractivity contribution < 1.29 is 4.79 Å². The largest absolute Gasteiger partial charge is 0.286 e. The minimum atomic E-state index is 1.03. The molecule has 0 aromatic carbocycles. The first-order chi connectivity index (χ1) is 5.41. The first-order valence-corrected chi connectivity index (χ1v) is 4.44. The van der Waals surface area contributed by atoms with Crippen molar-refractivity contribution in [1.29, 1.82) is 0 Å². The van der Waals surface area contributed by atoms with Crippen molar-refractivity contribution in [2.24, 2.45) is 0 Å². The van der Waals surface area contributed by atoms with Gasteiger partial charge in [-0.3, -0.25) is 4.79 Å². The second kappa shape index (κ2) is 9.41. The van der Waals surface area contributed by atoms with Crippen molar-refractivity contribution in [2.75, 3.05) is 0 Å². The fraction of sp³-hybridized carbons (Fsp3) is 0.700. The average Bonchev–Trinajstić information content (AvgIpc) is 2.03. The van der Waals surface area contributed by atoms with E-state index >= 15 is 0 Å². The quantitative estimate of drug-likeness (QED) is 0.406. The van der Waals surface area contributed by atoms with Gasteiger partial charge in [-0.25, -0.2) is 0 Å². The van der Waals surface area contributed by atoms with Gasteiger partial charge in [0.25, 0.3) is 0 Å². The molecule has 0 aromatic rings. The zero-order valence-electron chi connectivity index (χ0n) is 7.31. The molecule has 0 spiro atoms. The number of hydrogen-bond donors (Lipinski definition) is 0. The maximum Gasteiger partial charge on any atom is 0.225 e. The number of rotatable bonds is 7. The summed E-state index contributed by atoms with van der Waals surface area (Å²) in [6.45, 7) is 2.21. The van der Waals surface area contributed by atoms with Crippen molar-refractivity contribution in [3.05, 3.63) is 12.2 Å². The van der Waals surface area contributed by atoms with E-state index in [1.807, 2.05) is 6.08 Å². The molecule has 0 N–H and O–H groups in total. The number of unbranched alkanes of at least 4 members (excludes halogenated alkanes) is 5. The van der Waals surface area contributed by atoms with Gasteiger partial charge in [0.15, 0.2) is 0 Å². The zero-order valence-corrected chi connectivity index (χ0v) is 7.31. The van der Waals surface area contributed by atoms with Crippen molar-refractivity contribution >= 4 is 6.29 Å². The molecular formula is C10H17O. The SMILES string of the molecule is CCCCCCC/C=C/[C]=O. The van der Waals surface area contributed by atoms with Crippen molar-refractivity contribution in [1.82, 2.24) is 0 Å². The first-order valence-electron chi connectivity index (χ1n) is 4.44. The summed E-state index contributed by atoms with van der Waals surface area (Å²) in [7, 11) is 0. The van der Waals surface area contributed by atoms with Gasteiger partial charge in [-0.05, 0) is 18.9 Å². The van der Waals surface area contributed by atoms with Crippen LogP contribution in [0.3, 0.4) is 0 Å². The van der Waals surface area contributed by atoms with Gasteiger partial charge in [0.05, 0.1) is 0 Å². The monoisotopic (exact) mass is 153 g/mol. The second-order valence-electron chi connectivity index (χ2n) is 2.72. The zero-order chi connectivity index (χ0) is 8.36. The third-order valence-electron chi connectivity index (χ3n) is 1.66. The summed E-state index contributed by atoms with van der Waals surface area (Å²) in [5, 5.41) is 0. The van der Waals surface area contributed by atoms with E-state index < -0.39 is 0 Å². The van der Waals surface area contributed by atoms with Crippen LogP contribution in [0.25, 0.3) is 0 Å². The Hall–Kier alpha value is -0.590. The standard InChI is InChI=1S/C10H17O/c1-2-3-4-5-6-7-8-9-10-11/h8-9H,2-7H2,1H3/b9-8+. The van der Waals surface area contributed by atoms with Gasteiger partial charge in [-0.2, -0.15) is 0 Å². The van der Waals surface area contributed by atoms with Gasteiger partial charge in [0.2, 0.25) is 6.29 Å². The molecule has 0 bridgehead atoms. The van der Waals surface area contributed by atoms with Gasteiger partial charge >= 0.3 is 0 Å². The Morgan fingerprint density at radius 2 is 1.91 bits per heavy atom. The average molecular weight is 153 g/mol. The molecule has 0 rings (SSSR count). The van der Waals surface area contributed by atoms with Crippen molar-refractivity contribution in [3.8, 4) is 0 Å². The van der Waals surface area contributed by atoms with E-state index in [0.717, 1.165) is 6.42 Å². The lowest BCUT2D eigenvalue weighted by molar-refractivity contribution is 0.564. The van der Waals surface area contributed by atoms with Crippen LogP contribution in [0.1, 0.15) is 45.4 Å². The maximum atomic E-state index is 9.73. The van der Waals surface area contributed by atoms with E-state index in [-0.39, 0.29) is 0 Å². The predicted octanol–water partition coefficient (Wildman–Crippen LogP) is 3.01. The lowest BCUT2D eigenvalue weighted by atomic mass is 10.1. The van der Waals surface area contributed by atoms with Gasteiger partial charge in [0.1, 0.15) is 0 Å². The molecule has 11 heavy (non-hydrogen) atoms. The lowest BCUT2D eigenvalue weighted by Crippen LogP contribution is -1.75. The topological polar surface area (TPSA) is 17.1 Å². The van der Waals surface area contributed by atoms with Crippen LogP contribution >= 0.6 is 0 Å². The minimum absolute atomic E-state index is 1.03. The Morgan fingerprint density at radius 3 is 2.55 bits per heavy atom. The molecule has 0 heterocycles. The van der Waals surface area contributed by atoms with Crippen LogP contribution in [0.5, 0.6) is 0 Å². The van der Waals surface area contributed by atoms with E-state index in [2.05, 4.69) is 6.92 Å². The summed E-state index contributed by atoms with van der Waals surface area (Å²) >= 11 is 0. The highest BCUT2D eigenvalue weighted by Gasteiger charge is 1.85. The molecule has 0 atom stereocenters. The molecule has 0 aromatic heterocycles. The van der Waals surface area contributed by atoms with Gasteiger partial charge in [0, 0.05) is 0 Å². The van der Waals surface area contributed by atoms with Crippen LogP contribution in [-0.4, -0.2) is 6.29 Å². The van der Waals surface area contributed by atoms with Crippen LogP contribution in [0.4, 0.5) is 0 Å². The highest BCUT2D eigenvalue weighted by Crippen LogP contribution is 2.04. The van der Waals surface area contributed by atoms with Crippen LogP contribution < -0.4 is 0 Å². The minimum Gasteiger partial charge on any atom is -0.286 e. The summed E-state index contributed by atoms with van der Waals surface area (Å²) in [6, 6.07) is 0. The molecule has 0 saturated carbocycles. The highest BCUT2D eigenvalue weighted by atomic mass is 16.1. The van der Waals surface area contributed by atoms with Crippen LogP contribution in [0.2, 0.25) is 0 Å². The van der Waals surface area contributed by atoms with E-state index in [1.54, 1.807) is 6.29 Å². The molecule has 1 heteroatoms. The predicted molar refractivity (Wildman–Crippen MR) is 48.2 cm³/mol. The Morgan fingerprint density at radius 1 is 1.18 bits per heavy atom. The molecule has 0 saturated heterocycles. The van der Waals surface area contributed by atoms with Crippen molar-refractivity contribution in [2.45, 2.75) is 45.4 Å². The Kier molecular flexibility index (Phi) is 8.91. The number of carbonyl (C=O) groups excluding carboxylic acids is 1. The summed E-state index contributed by atoms with van der Waals surface area (Å²) < 4.78 is 0.